The van der Waals surface area contributed by atoms with Crippen LogP contribution in [0.2, 0.25) is 0 Å². The van der Waals surface area contributed by atoms with Gasteiger partial charge >= 0.3 is 0 Å². The third kappa shape index (κ3) is 4.30. The van der Waals surface area contributed by atoms with E-state index >= 15 is 0 Å². The molecule has 0 aliphatic heterocycles. The highest BCUT2D eigenvalue weighted by Gasteiger charge is 2.07. The second-order valence-electron chi connectivity index (χ2n) is 5.08. The van der Waals surface area contributed by atoms with Crippen LogP contribution in [0.4, 0.5) is 0 Å². The van der Waals surface area contributed by atoms with Crippen molar-refractivity contribution in [2.24, 2.45) is 5.41 Å². The first-order valence-electron chi connectivity index (χ1n) is 5.32. The van der Waals surface area contributed by atoms with E-state index in [2.05, 4.69) is 20.8 Å². The van der Waals surface area contributed by atoms with Gasteiger partial charge in [0.1, 0.15) is 0 Å². The zero-order chi connectivity index (χ0) is 11.5. The summed E-state index contributed by atoms with van der Waals surface area (Å²) in [5.74, 6) is 0. The van der Waals surface area contributed by atoms with Gasteiger partial charge in [-0.15, -0.1) is 0 Å². The summed E-state index contributed by atoms with van der Waals surface area (Å²) in [6.07, 6.45) is 3.40. The molecule has 1 aromatic carbocycles. The van der Waals surface area contributed by atoms with Crippen molar-refractivity contribution < 1.29 is 5.11 Å². The van der Waals surface area contributed by atoms with E-state index in [1.54, 1.807) is 0 Å². The Morgan fingerprint density at radius 2 is 1.67 bits per heavy atom. The molecule has 0 radical (unpaired) electrons. The Morgan fingerprint density at radius 1 is 1.13 bits per heavy atom. The molecular formula is C14H20O. The minimum atomic E-state index is -0.496. The molecule has 0 fully saturated rings. The average molecular weight is 204 g/mol. The summed E-state index contributed by atoms with van der Waals surface area (Å²) < 4.78 is 0. The van der Waals surface area contributed by atoms with Crippen molar-refractivity contribution in [1.29, 1.82) is 0 Å². The monoisotopic (exact) mass is 204 g/mol. The number of benzene rings is 1. The van der Waals surface area contributed by atoms with Gasteiger partial charge in [0.05, 0.1) is 6.10 Å². The molecule has 0 saturated carbocycles. The van der Waals surface area contributed by atoms with Crippen molar-refractivity contribution in [2.45, 2.75) is 33.8 Å². The zero-order valence-corrected chi connectivity index (χ0v) is 9.99. The van der Waals surface area contributed by atoms with E-state index in [-0.39, 0.29) is 5.41 Å². The quantitative estimate of drug-likeness (QED) is 0.729. The van der Waals surface area contributed by atoms with Crippen molar-refractivity contribution in [2.75, 3.05) is 0 Å². The summed E-state index contributed by atoms with van der Waals surface area (Å²) in [5.41, 5.74) is 2.28. The summed E-state index contributed by atoms with van der Waals surface area (Å²) in [4.78, 5) is 0. The van der Waals surface area contributed by atoms with E-state index in [9.17, 15) is 5.11 Å². The number of aliphatic hydroxyl groups excluding tert-OH is 1. The molecule has 15 heavy (non-hydrogen) atoms. The molecule has 0 bridgehead atoms. The van der Waals surface area contributed by atoms with E-state index < -0.39 is 6.10 Å². The molecule has 1 heteroatoms. The second kappa shape index (κ2) is 4.63. The fraction of sp³-hybridized carbons (Fsp3) is 0.429. The summed E-state index contributed by atoms with van der Waals surface area (Å²) in [7, 11) is 0. The largest absolute Gasteiger partial charge is 0.384 e. The third-order valence-electron chi connectivity index (χ3n) is 2.20. The van der Waals surface area contributed by atoms with E-state index in [1.807, 2.05) is 43.3 Å². The predicted molar refractivity (Wildman–Crippen MR) is 64.7 cm³/mol. The molecule has 1 atom stereocenters. The van der Waals surface area contributed by atoms with Gasteiger partial charge in [-0.05, 0) is 17.9 Å². The summed E-state index contributed by atoms with van der Waals surface area (Å²) in [6, 6.07) is 7.97. The van der Waals surface area contributed by atoms with E-state index in [0.717, 1.165) is 5.56 Å². The molecule has 0 aliphatic carbocycles. The van der Waals surface area contributed by atoms with Gasteiger partial charge in [-0.25, -0.2) is 0 Å². The lowest BCUT2D eigenvalue weighted by atomic mass is 9.95. The maximum absolute atomic E-state index is 9.89. The minimum Gasteiger partial charge on any atom is -0.384 e. The van der Waals surface area contributed by atoms with Crippen LogP contribution in [0.25, 0.3) is 0 Å². The lowest BCUT2D eigenvalue weighted by molar-refractivity contribution is 0.227. The SMILES string of the molecule is Cc1ccc([C@@H](O)/C=C/C(C)(C)C)cc1. The first-order valence-corrected chi connectivity index (χ1v) is 5.32. The molecule has 0 aromatic heterocycles. The Labute approximate surface area is 92.5 Å². The van der Waals surface area contributed by atoms with Gasteiger partial charge in [-0.1, -0.05) is 62.8 Å². The number of hydrogen-bond donors (Lipinski definition) is 1. The number of hydrogen-bond acceptors (Lipinski definition) is 1. The van der Waals surface area contributed by atoms with E-state index in [4.69, 9.17) is 0 Å². The topological polar surface area (TPSA) is 20.2 Å². The van der Waals surface area contributed by atoms with Gasteiger partial charge in [-0.3, -0.25) is 0 Å². The van der Waals surface area contributed by atoms with Gasteiger partial charge in [-0.2, -0.15) is 0 Å². The van der Waals surface area contributed by atoms with Crippen molar-refractivity contribution in [3.05, 3.63) is 47.5 Å². The Kier molecular flexibility index (Phi) is 3.70. The van der Waals surface area contributed by atoms with Gasteiger partial charge in [0.2, 0.25) is 0 Å². The van der Waals surface area contributed by atoms with Crippen LogP contribution in [0.5, 0.6) is 0 Å². The van der Waals surface area contributed by atoms with Crippen molar-refractivity contribution in [3.63, 3.8) is 0 Å². The molecule has 1 N–H and O–H groups in total. The van der Waals surface area contributed by atoms with Crippen molar-refractivity contribution in [1.82, 2.24) is 0 Å². The van der Waals surface area contributed by atoms with Crippen LogP contribution in [-0.4, -0.2) is 5.11 Å². The summed E-state index contributed by atoms with van der Waals surface area (Å²) in [6.45, 7) is 8.39. The molecular weight excluding hydrogens is 184 g/mol. The lowest BCUT2D eigenvalue weighted by Crippen LogP contribution is -2.01. The Balaban J connectivity index is 2.73. The predicted octanol–water partition coefficient (Wildman–Crippen LogP) is 3.63. The molecule has 0 spiro atoms. The van der Waals surface area contributed by atoms with Gasteiger partial charge in [0, 0.05) is 0 Å². The normalized spacial score (nSPS) is 14.5. The molecule has 1 nitrogen and oxygen atoms in total. The third-order valence-corrected chi connectivity index (χ3v) is 2.20. The molecule has 0 heterocycles. The maximum Gasteiger partial charge on any atom is 0.0972 e. The minimum absolute atomic E-state index is 0.117. The fourth-order valence-electron chi connectivity index (χ4n) is 1.25. The van der Waals surface area contributed by atoms with Gasteiger partial charge in [0.15, 0.2) is 0 Å². The highest BCUT2D eigenvalue weighted by atomic mass is 16.3. The van der Waals surface area contributed by atoms with Gasteiger partial charge in [0.25, 0.3) is 0 Å². The highest BCUT2D eigenvalue weighted by molar-refractivity contribution is 5.25. The van der Waals surface area contributed by atoms with Crippen LogP contribution in [0.3, 0.4) is 0 Å². The maximum atomic E-state index is 9.89. The lowest BCUT2D eigenvalue weighted by Gasteiger charge is -2.13. The van der Waals surface area contributed by atoms with E-state index in [0.29, 0.717) is 0 Å². The molecule has 0 amide bonds. The van der Waals surface area contributed by atoms with Gasteiger partial charge < -0.3 is 5.11 Å². The summed E-state index contributed by atoms with van der Waals surface area (Å²) >= 11 is 0. The molecule has 82 valence electrons. The van der Waals surface area contributed by atoms with Crippen molar-refractivity contribution >= 4 is 0 Å². The smallest absolute Gasteiger partial charge is 0.0972 e. The number of aliphatic hydroxyl groups is 1. The molecule has 0 aliphatic rings. The standard InChI is InChI=1S/C14H20O/c1-11-5-7-12(8-6-11)13(15)9-10-14(2,3)4/h5-10,13,15H,1-4H3/b10-9+/t13-/m0/s1. The first kappa shape index (κ1) is 12.0. The Bertz CT molecular complexity index is 327. The second-order valence-corrected chi connectivity index (χ2v) is 5.08. The summed E-state index contributed by atoms with van der Waals surface area (Å²) in [5, 5.41) is 9.89. The van der Waals surface area contributed by atoms with Crippen LogP contribution < -0.4 is 0 Å². The van der Waals surface area contributed by atoms with E-state index in [1.165, 1.54) is 5.56 Å². The van der Waals surface area contributed by atoms with Crippen molar-refractivity contribution in [3.8, 4) is 0 Å². The average Bonchev–Trinajstić information content (AvgIpc) is 2.14. The van der Waals surface area contributed by atoms with Crippen LogP contribution in [0, 0.1) is 12.3 Å². The molecule has 0 saturated heterocycles. The first-order chi connectivity index (χ1) is 6.88. The molecule has 0 unspecified atom stereocenters. The highest BCUT2D eigenvalue weighted by Crippen LogP contribution is 2.20. The number of aryl methyl sites for hydroxylation is 1. The van der Waals surface area contributed by atoms with Crippen LogP contribution in [0.1, 0.15) is 38.0 Å². The zero-order valence-electron chi connectivity index (χ0n) is 9.99. The number of allylic oxidation sites excluding steroid dienone is 1. The molecule has 1 rings (SSSR count). The Morgan fingerprint density at radius 3 is 2.13 bits per heavy atom. The number of rotatable bonds is 2. The van der Waals surface area contributed by atoms with Crippen LogP contribution in [-0.2, 0) is 0 Å². The Hall–Kier alpha value is -1.08. The fourth-order valence-corrected chi connectivity index (χ4v) is 1.25. The van der Waals surface area contributed by atoms with Crippen LogP contribution >= 0.6 is 0 Å². The van der Waals surface area contributed by atoms with Crippen LogP contribution in [0.15, 0.2) is 36.4 Å². The molecule has 1 aromatic rings.